The summed E-state index contributed by atoms with van der Waals surface area (Å²) in [5.41, 5.74) is 0. The van der Waals surface area contributed by atoms with Crippen molar-refractivity contribution in [2.24, 2.45) is 11.8 Å². The van der Waals surface area contributed by atoms with Crippen LogP contribution in [0.25, 0.3) is 0 Å². The first-order chi connectivity index (χ1) is 11.2. The molecule has 0 spiro atoms. The summed E-state index contributed by atoms with van der Waals surface area (Å²) in [7, 11) is 3.57. The van der Waals surface area contributed by atoms with Crippen molar-refractivity contribution < 1.29 is 14.2 Å². The molecule has 1 saturated heterocycles. The van der Waals surface area contributed by atoms with Crippen LogP contribution >= 0.6 is 0 Å². The minimum Gasteiger partial charge on any atom is -0.381 e. The number of morpholine rings is 1. The number of hydrogen-bond donors (Lipinski definition) is 0. The quantitative estimate of drug-likeness (QED) is 0.794. The van der Waals surface area contributed by atoms with Crippen LogP contribution in [0, 0.1) is 23.2 Å². The van der Waals surface area contributed by atoms with Crippen LogP contribution in [0.2, 0.25) is 0 Å². The van der Waals surface area contributed by atoms with Gasteiger partial charge in [0.25, 0.3) is 0 Å². The normalized spacial score (nSPS) is 42.0. The second-order valence-electron chi connectivity index (χ2n) is 7.33. The van der Waals surface area contributed by atoms with E-state index < -0.39 is 0 Å². The highest BCUT2D eigenvalue weighted by Gasteiger charge is 2.39. The standard InChI is InChI=1S/C18H30N2O3/c1-21-15-5-6-17-16(10-15)20(7-8-23-17)12-13-3-4-14(11-19)18(9-13)22-2/h13-18H,3-10,12H2,1-2H3. The Morgan fingerprint density at radius 3 is 2.74 bits per heavy atom. The maximum Gasteiger partial charge on any atom is 0.0732 e. The summed E-state index contributed by atoms with van der Waals surface area (Å²) in [6.07, 6.45) is 7.30. The van der Waals surface area contributed by atoms with Crippen LogP contribution in [0.5, 0.6) is 0 Å². The van der Waals surface area contributed by atoms with Gasteiger partial charge >= 0.3 is 0 Å². The zero-order chi connectivity index (χ0) is 16.2. The summed E-state index contributed by atoms with van der Waals surface area (Å²) < 4.78 is 17.2. The molecule has 0 amide bonds. The zero-order valence-corrected chi connectivity index (χ0v) is 14.4. The van der Waals surface area contributed by atoms with E-state index in [9.17, 15) is 5.26 Å². The molecule has 0 bridgehead atoms. The fourth-order valence-electron chi connectivity index (χ4n) is 4.71. The molecular formula is C18H30N2O3. The SMILES string of the molecule is COC1CCC2OCCN(CC3CCC(C#N)C(OC)C3)C2C1. The Hall–Kier alpha value is -0.670. The van der Waals surface area contributed by atoms with Crippen molar-refractivity contribution in [2.75, 3.05) is 33.9 Å². The third kappa shape index (κ3) is 3.88. The van der Waals surface area contributed by atoms with E-state index in [0.29, 0.717) is 24.2 Å². The van der Waals surface area contributed by atoms with E-state index in [-0.39, 0.29) is 12.0 Å². The van der Waals surface area contributed by atoms with Crippen LogP contribution in [0.15, 0.2) is 0 Å². The molecule has 0 aromatic heterocycles. The number of ether oxygens (including phenoxy) is 3. The summed E-state index contributed by atoms with van der Waals surface area (Å²) in [4.78, 5) is 2.63. The lowest BCUT2D eigenvalue weighted by Crippen LogP contribution is -2.56. The zero-order valence-electron chi connectivity index (χ0n) is 14.4. The van der Waals surface area contributed by atoms with Crippen molar-refractivity contribution >= 4 is 0 Å². The minimum absolute atomic E-state index is 0.0706. The molecule has 2 saturated carbocycles. The van der Waals surface area contributed by atoms with E-state index >= 15 is 0 Å². The molecule has 3 rings (SSSR count). The highest BCUT2D eigenvalue weighted by atomic mass is 16.5. The second kappa shape index (κ2) is 7.94. The predicted molar refractivity (Wildman–Crippen MR) is 87.0 cm³/mol. The fourth-order valence-corrected chi connectivity index (χ4v) is 4.71. The van der Waals surface area contributed by atoms with Gasteiger partial charge in [-0.15, -0.1) is 0 Å². The first kappa shape index (κ1) is 17.2. The molecule has 23 heavy (non-hydrogen) atoms. The number of rotatable bonds is 4. The molecule has 3 aliphatic rings. The molecule has 5 nitrogen and oxygen atoms in total. The van der Waals surface area contributed by atoms with Gasteiger partial charge in [0.1, 0.15) is 0 Å². The van der Waals surface area contributed by atoms with Gasteiger partial charge in [0, 0.05) is 33.4 Å². The van der Waals surface area contributed by atoms with Crippen molar-refractivity contribution in [1.29, 1.82) is 5.26 Å². The Morgan fingerprint density at radius 1 is 1.13 bits per heavy atom. The number of hydrogen-bond acceptors (Lipinski definition) is 5. The maximum absolute atomic E-state index is 9.24. The van der Waals surface area contributed by atoms with Gasteiger partial charge in [0.2, 0.25) is 0 Å². The van der Waals surface area contributed by atoms with Crippen molar-refractivity contribution in [3.05, 3.63) is 0 Å². The number of methoxy groups -OCH3 is 2. The summed E-state index contributed by atoms with van der Waals surface area (Å²) in [5.74, 6) is 0.701. The van der Waals surface area contributed by atoms with Crippen molar-refractivity contribution in [3.63, 3.8) is 0 Å². The van der Waals surface area contributed by atoms with Crippen LogP contribution in [0.4, 0.5) is 0 Å². The molecule has 0 N–H and O–H groups in total. The Bertz CT molecular complexity index is 425. The molecule has 1 aliphatic heterocycles. The summed E-state index contributed by atoms with van der Waals surface area (Å²) in [6, 6.07) is 2.91. The lowest BCUT2D eigenvalue weighted by atomic mass is 9.79. The third-order valence-corrected chi connectivity index (χ3v) is 6.08. The van der Waals surface area contributed by atoms with Gasteiger partial charge in [-0.05, 0) is 44.4 Å². The topological polar surface area (TPSA) is 54.7 Å². The average molecular weight is 322 g/mol. The fraction of sp³-hybridized carbons (Fsp3) is 0.944. The van der Waals surface area contributed by atoms with Crippen LogP contribution in [-0.2, 0) is 14.2 Å². The van der Waals surface area contributed by atoms with Crippen molar-refractivity contribution in [2.45, 2.75) is 62.9 Å². The van der Waals surface area contributed by atoms with Crippen molar-refractivity contribution in [1.82, 2.24) is 4.90 Å². The number of nitrogens with zero attached hydrogens (tertiary/aromatic N) is 2. The lowest BCUT2D eigenvalue weighted by molar-refractivity contribution is -0.119. The molecule has 3 fully saturated rings. The van der Waals surface area contributed by atoms with E-state index in [1.54, 1.807) is 7.11 Å². The van der Waals surface area contributed by atoms with Crippen molar-refractivity contribution in [3.8, 4) is 6.07 Å². The molecular weight excluding hydrogens is 292 g/mol. The van der Waals surface area contributed by atoms with Crippen LogP contribution < -0.4 is 0 Å². The highest BCUT2D eigenvalue weighted by Crippen LogP contribution is 2.34. The predicted octanol–water partition coefficient (Wildman–Crippen LogP) is 2.21. The van der Waals surface area contributed by atoms with Crippen LogP contribution in [-0.4, -0.2) is 63.2 Å². The summed E-state index contributed by atoms with van der Waals surface area (Å²) in [6.45, 7) is 2.98. The molecule has 0 aromatic carbocycles. The lowest BCUT2D eigenvalue weighted by Gasteiger charge is -2.47. The highest BCUT2D eigenvalue weighted by molar-refractivity contribution is 4.96. The van der Waals surface area contributed by atoms with Gasteiger partial charge in [-0.1, -0.05) is 0 Å². The maximum atomic E-state index is 9.24. The molecule has 2 aliphatic carbocycles. The molecule has 6 atom stereocenters. The molecule has 6 unspecified atom stereocenters. The van der Waals surface area contributed by atoms with E-state index in [4.69, 9.17) is 14.2 Å². The Morgan fingerprint density at radius 2 is 2.00 bits per heavy atom. The van der Waals surface area contributed by atoms with E-state index in [1.807, 2.05) is 7.11 Å². The molecule has 130 valence electrons. The van der Waals surface area contributed by atoms with Gasteiger partial charge < -0.3 is 14.2 Å². The van der Waals surface area contributed by atoms with Gasteiger partial charge in [0.15, 0.2) is 0 Å². The molecule has 0 radical (unpaired) electrons. The van der Waals surface area contributed by atoms with Crippen LogP contribution in [0.3, 0.4) is 0 Å². The monoisotopic (exact) mass is 322 g/mol. The summed E-state index contributed by atoms with van der Waals surface area (Å²) >= 11 is 0. The Balaban J connectivity index is 1.59. The molecule has 5 heteroatoms. The number of nitriles is 1. The van der Waals surface area contributed by atoms with Gasteiger partial charge in [-0.3, -0.25) is 4.90 Å². The first-order valence-corrected chi connectivity index (χ1v) is 9.06. The Kier molecular flexibility index (Phi) is 5.92. The van der Waals surface area contributed by atoms with Gasteiger partial charge in [-0.2, -0.15) is 5.26 Å². The largest absolute Gasteiger partial charge is 0.381 e. The number of fused-ring (bicyclic) bond motifs is 1. The molecule has 0 aromatic rings. The van der Waals surface area contributed by atoms with E-state index in [2.05, 4.69) is 11.0 Å². The van der Waals surface area contributed by atoms with Crippen LogP contribution in [0.1, 0.15) is 38.5 Å². The molecule has 1 heterocycles. The van der Waals surface area contributed by atoms with E-state index in [1.165, 1.54) is 0 Å². The van der Waals surface area contributed by atoms with Gasteiger partial charge in [-0.25, -0.2) is 0 Å². The van der Waals surface area contributed by atoms with E-state index in [0.717, 1.165) is 58.2 Å². The smallest absolute Gasteiger partial charge is 0.0732 e. The second-order valence-corrected chi connectivity index (χ2v) is 7.33. The van der Waals surface area contributed by atoms with Gasteiger partial charge in [0.05, 0.1) is 36.9 Å². The third-order valence-electron chi connectivity index (χ3n) is 6.08. The first-order valence-electron chi connectivity index (χ1n) is 9.06. The minimum atomic E-state index is 0.0706. The summed E-state index contributed by atoms with van der Waals surface area (Å²) in [5, 5.41) is 9.24. The average Bonchev–Trinajstić information content (AvgIpc) is 2.61. The Labute approximate surface area is 139 Å².